The molecule has 0 bridgehead atoms. The Labute approximate surface area is 111 Å². The molecule has 19 heavy (non-hydrogen) atoms. The Morgan fingerprint density at radius 1 is 1.37 bits per heavy atom. The van der Waals surface area contributed by atoms with E-state index in [-0.39, 0.29) is 12.4 Å². The van der Waals surface area contributed by atoms with Crippen molar-refractivity contribution >= 4 is 0 Å². The molecule has 0 aliphatic heterocycles. The molecule has 1 aromatic carbocycles. The first kappa shape index (κ1) is 13.6. The quantitative estimate of drug-likeness (QED) is 0.888. The van der Waals surface area contributed by atoms with Crippen molar-refractivity contribution < 1.29 is 9.13 Å². The van der Waals surface area contributed by atoms with E-state index in [0.717, 1.165) is 0 Å². The minimum Gasteiger partial charge on any atom is -0.383 e. The number of aromatic nitrogens is 3. The highest BCUT2D eigenvalue weighted by atomic mass is 19.1. The van der Waals surface area contributed by atoms with Gasteiger partial charge >= 0.3 is 0 Å². The minimum atomic E-state index is -0.280. The lowest BCUT2D eigenvalue weighted by atomic mass is 10.1. The molecule has 5 nitrogen and oxygen atoms in total. The molecule has 0 aliphatic rings. The Kier molecular flexibility index (Phi) is 4.24. The maximum Gasteiger partial charge on any atom is 0.167 e. The lowest BCUT2D eigenvalue weighted by Gasteiger charge is -2.10. The van der Waals surface area contributed by atoms with Crippen molar-refractivity contribution in [3.63, 3.8) is 0 Å². The second-order valence-electron chi connectivity index (χ2n) is 4.22. The van der Waals surface area contributed by atoms with Crippen LogP contribution in [-0.2, 0) is 17.8 Å². The molecule has 0 spiro atoms. The molecule has 0 saturated heterocycles. The maximum absolute atomic E-state index is 14.2. The normalized spacial score (nSPS) is 10.9. The van der Waals surface area contributed by atoms with E-state index in [2.05, 4.69) is 10.2 Å². The molecule has 1 heterocycles. The largest absolute Gasteiger partial charge is 0.383 e. The lowest BCUT2D eigenvalue weighted by Crippen LogP contribution is -2.13. The molecule has 0 radical (unpaired) electrons. The van der Waals surface area contributed by atoms with Crippen LogP contribution >= 0.6 is 0 Å². The van der Waals surface area contributed by atoms with E-state index in [4.69, 9.17) is 10.5 Å². The average Bonchev–Trinajstić information content (AvgIpc) is 2.82. The summed E-state index contributed by atoms with van der Waals surface area (Å²) in [7, 11) is 1.61. The van der Waals surface area contributed by atoms with E-state index < -0.39 is 0 Å². The Morgan fingerprint density at radius 3 is 2.84 bits per heavy atom. The van der Waals surface area contributed by atoms with Crippen LogP contribution in [0.4, 0.5) is 4.39 Å². The zero-order valence-corrected chi connectivity index (χ0v) is 11.1. The maximum atomic E-state index is 14.2. The van der Waals surface area contributed by atoms with E-state index in [9.17, 15) is 4.39 Å². The third-order valence-electron chi connectivity index (χ3n) is 2.96. The van der Waals surface area contributed by atoms with Gasteiger partial charge in [0.15, 0.2) is 5.82 Å². The Bertz CT molecular complexity index is 568. The SMILES string of the molecule is COCCn1c(CN)nnc1-c1cccc(C)c1F. The van der Waals surface area contributed by atoms with Crippen molar-refractivity contribution in [2.75, 3.05) is 13.7 Å². The third kappa shape index (κ3) is 2.64. The van der Waals surface area contributed by atoms with Crippen molar-refractivity contribution in [1.29, 1.82) is 0 Å². The molecular weight excluding hydrogens is 247 g/mol. The van der Waals surface area contributed by atoms with Gasteiger partial charge in [0, 0.05) is 13.7 Å². The molecule has 1 aromatic heterocycles. The summed E-state index contributed by atoms with van der Waals surface area (Å²) in [5.41, 5.74) is 6.63. The fraction of sp³-hybridized carbons (Fsp3) is 0.385. The fourth-order valence-corrected chi connectivity index (χ4v) is 1.92. The third-order valence-corrected chi connectivity index (χ3v) is 2.96. The molecule has 102 valence electrons. The number of benzene rings is 1. The first-order valence-corrected chi connectivity index (χ1v) is 6.05. The van der Waals surface area contributed by atoms with Crippen molar-refractivity contribution in [2.45, 2.75) is 20.0 Å². The summed E-state index contributed by atoms with van der Waals surface area (Å²) in [5.74, 6) is 0.823. The molecule has 2 rings (SSSR count). The summed E-state index contributed by atoms with van der Waals surface area (Å²) in [6.45, 7) is 3.01. The highest BCUT2D eigenvalue weighted by Gasteiger charge is 2.16. The molecule has 6 heteroatoms. The number of methoxy groups -OCH3 is 1. The summed E-state index contributed by atoms with van der Waals surface area (Å²) in [6.07, 6.45) is 0. The number of halogens is 1. The van der Waals surface area contributed by atoms with E-state index in [0.29, 0.717) is 35.9 Å². The molecule has 0 amide bonds. The van der Waals surface area contributed by atoms with Crippen LogP contribution in [0.5, 0.6) is 0 Å². The summed E-state index contributed by atoms with van der Waals surface area (Å²) in [4.78, 5) is 0. The summed E-state index contributed by atoms with van der Waals surface area (Å²) in [6, 6.07) is 5.21. The van der Waals surface area contributed by atoms with Gasteiger partial charge in [-0.3, -0.25) is 0 Å². The Balaban J connectivity index is 2.49. The molecule has 0 saturated carbocycles. The summed E-state index contributed by atoms with van der Waals surface area (Å²) in [5, 5.41) is 8.05. The zero-order chi connectivity index (χ0) is 13.8. The zero-order valence-electron chi connectivity index (χ0n) is 11.1. The number of ether oxygens (including phenoxy) is 1. The lowest BCUT2D eigenvalue weighted by molar-refractivity contribution is 0.186. The standard InChI is InChI=1S/C13H17FN4O/c1-9-4-3-5-10(12(9)14)13-17-16-11(8-15)18(13)6-7-19-2/h3-5H,6-8,15H2,1-2H3. The van der Waals surface area contributed by atoms with Gasteiger partial charge in [-0.2, -0.15) is 0 Å². The summed E-state index contributed by atoms with van der Waals surface area (Å²) < 4.78 is 21.0. The Hall–Kier alpha value is -1.79. The number of aryl methyl sites for hydroxylation is 1. The number of nitrogens with zero attached hydrogens (tertiary/aromatic N) is 3. The molecule has 0 fully saturated rings. The van der Waals surface area contributed by atoms with Crippen LogP contribution in [-0.4, -0.2) is 28.5 Å². The van der Waals surface area contributed by atoms with E-state index in [1.54, 1.807) is 36.8 Å². The summed E-state index contributed by atoms with van der Waals surface area (Å²) >= 11 is 0. The monoisotopic (exact) mass is 264 g/mol. The predicted molar refractivity (Wildman–Crippen MR) is 69.9 cm³/mol. The van der Waals surface area contributed by atoms with Gasteiger partial charge in [-0.05, 0) is 18.6 Å². The van der Waals surface area contributed by atoms with Gasteiger partial charge in [-0.1, -0.05) is 12.1 Å². The van der Waals surface area contributed by atoms with Gasteiger partial charge in [0.2, 0.25) is 0 Å². The van der Waals surface area contributed by atoms with Crippen LogP contribution in [0.1, 0.15) is 11.4 Å². The van der Waals surface area contributed by atoms with Gasteiger partial charge < -0.3 is 15.0 Å². The molecule has 0 unspecified atom stereocenters. The van der Waals surface area contributed by atoms with Crippen molar-refractivity contribution in [3.05, 3.63) is 35.4 Å². The predicted octanol–water partition coefficient (Wildman–Crippen LogP) is 1.50. The van der Waals surface area contributed by atoms with Crippen molar-refractivity contribution in [2.24, 2.45) is 5.73 Å². The van der Waals surface area contributed by atoms with Crippen molar-refractivity contribution in [3.8, 4) is 11.4 Å². The molecule has 2 N–H and O–H groups in total. The highest BCUT2D eigenvalue weighted by molar-refractivity contribution is 5.57. The molecular formula is C13H17FN4O. The molecule has 0 atom stereocenters. The van der Waals surface area contributed by atoms with Crippen molar-refractivity contribution in [1.82, 2.24) is 14.8 Å². The van der Waals surface area contributed by atoms with Crippen LogP contribution < -0.4 is 5.73 Å². The highest BCUT2D eigenvalue weighted by Crippen LogP contribution is 2.23. The van der Waals surface area contributed by atoms with Crippen LogP contribution in [0, 0.1) is 12.7 Å². The van der Waals surface area contributed by atoms with Gasteiger partial charge in [-0.15, -0.1) is 10.2 Å². The van der Waals surface area contributed by atoms with E-state index >= 15 is 0 Å². The van der Waals surface area contributed by atoms with Crippen LogP contribution in [0.15, 0.2) is 18.2 Å². The second kappa shape index (κ2) is 5.90. The number of hydrogen-bond donors (Lipinski definition) is 1. The van der Waals surface area contributed by atoms with Gasteiger partial charge in [-0.25, -0.2) is 4.39 Å². The number of nitrogens with two attached hydrogens (primary N) is 1. The Morgan fingerprint density at radius 2 is 2.16 bits per heavy atom. The number of rotatable bonds is 5. The topological polar surface area (TPSA) is 66.0 Å². The average molecular weight is 264 g/mol. The van der Waals surface area contributed by atoms with E-state index in [1.165, 1.54) is 0 Å². The first-order chi connectivity index (χ1) is 9.19. The fourth-order valence-electron chi connectivity index (χ4n) is 1.92. The molecule has 0 aliphatic carbocycles. The second-order valence-corrected chi connectivity index (χ2v) is 4.22. The van der Waals surface area contributed by atoms with Gasteiger partial charge in [0.05, 0.1) is 18.7 Å². The number of hydrogen-bond acceptors (Lipinski definition) is 4. The van der Waals surface area contributed by atoms with Crippen LogP contribution in [0.2, 0.25) is 0 Å². The molecule has 2 aromatic rings. The minimum absolute atomic E-state index is 0.254. The van der Waals surface area contributed by atoms with Crippen LogP contribution in [0.25, 0.3) is 11.4 Å². The van der Waals surface area contributed by atoms with Gasteiger partial charge in [0.1, 0.15) is 11.6 Å². The van der Waals surface area contributed by atoms with E-state index in [1.807, 2.05) is 0 Å². The first-order valence-electron chi connectivity index (χ1n) is 6.05. The van der Waals surface area contributed by atoms with Crippen LogP contribution in [0.3, 0.4) is 0 Å². The van der Waals surface area contributed by atoms with Gasteiger partial charge in [0.25, 0.3) is 0 Å². The smallest absolute Gasteiger partial charge is 0.167 e.